The van der Waals surface area contributed by atoms with E-state index in [9.17, 15) is 13.2 Å². The van der Waals surface area contributed by atoms with Crippen molar-refractivity contribution in [2.24, 2.45) is 0 Å². The first-order valence-electron chi connectivity index (χ1n) is 3.29. The highest BCUT2D eigenvalue weighted by Gasteiger charge is 2.18. The van der Waals surface area contributed by atoms with Gasteiger partial charge in [0.25, 0.3) is 6.43 Å². The van der Waals surface area contributed by atoms with E-state index >= 15 is 0 Å². The fourth-order valence-electron chi connectivity index (χ4n) is 0.777. The molecule has 0 spiro atoms. The number of hydrogen-bond donors (Lipinski definition) is 1. The van der Waals surface area contributed by atoms with E-state index in [1.807, 2.05) is 0 Å². The van der Waals surface area contributed by atoms with Gasteiger partial charge in [-0.3, -0.25) is 4.98 Å². The molecule has 0 saturated carbocycles. The minimum atomic E-state index is -2.80. The van der Waals surface area contributed by atoms with E-state index in [0.717, 1.165) is 6.20 Å². The maximum atomic E-state index is 13.1. The van der Waals surface area contributed by atoms with Crippen LogP contribution in [0.5, 0.6) is 0 Å². The number of rotatable bonds is 2. The Morgan fingerprint density at radius 2 is 2.15 bits per heavy atom. The van der Waals surface area contributed by atoms with Crippen LogP contribution in [0.25, 0.3) is 0 Å². The first-order chi connectivity index (χ1) is 6.07. The molecule has 0 unspecified atom stereocenters. The summed E-state index contributed by atoms with van der Waals surface area (Å²) in [4.78, 5) is 3.35. The number of alkyl halides is 2. The van der Waals surface area contributed by atoms with E-state index < -0.39 is 24.5 Å². The van der Waals surface area contributed by atoms with Crippen LogP contribution in [-0.4, -0.2) is 10.1 Å². The molecule has 0 aliphatic heterocycles. The highest BCUT2D eigenvalue weighted by atomic mass is 127. The quantitative estimate of drug-likeness (QED) is 0.850. The third kappa shape index (κ3) is 2.11. The van der Waals surface area contributed by atoms with Gasteiger partial charge in [0, 0.05) is 11.8 Å². The minimum absolute atomic E-state index is 0.0752. The predicted octanol–water partition coefficient (Wildman–Crippen LogP) is 2.26. The fourth-order valence-corrected chi connectivity index (χ4v) is 1.50. The van der Waals surface area contributed by atoms with E-state index in [2.05, 4.69) is 4.98 Å². The van der Waals surface area contributed by atoms with Crippen molar-refractivity contribution in [3.8, 4) is 0 Å². The lowest BCUT2D eigenvalue weighted by molar-refractivity contribution is 0.144. The van der Waals surface area contributed by atoms with Gasteiger partial charge in [0.15, 0.2) is 0 Å². The lowest BCUT2D eigenvalue weighted by Gasteiger charge is -2.05. The topological polar surface area (TPSA) is 33.1 Å². The summed E-state index contributed by atoms with van der Waals surface area (Å²) in [7, 11) is 0. The molecule has 0 aromatic carbocycles. The van der Waals surface area contributed by atoms with Gasteiger partial charge < -0.3 is 5.11 Å². The Labute approximate surface area is 85.9 Å². The number of pyridine rings is 1. The van der Waals surface area contributed by atoms with E-state index in [4.69, 9.17) is 5.11 Å². The van der Waals surface area contributed by atoms with Crippen molar-refractivity contribution in [2.75, 3.05) is 0 Å². The van der Waals surface area contributed by atoms with Gasteiger partial charge in [-0.05, 0) is 22.6 Å². The summed E-state index contributed by atoms with van der Waals surface area (Å²) < 4.78 is 37.1. The first kappa shape index (κ1) is 10.7. The van der Waals surface area contributed by atoms with Crippen molar-refractivity contribution in [1.29, 1.82) is 0 Å². The lowest BCUT2D eigenvalue weighted by Crippen LogP contribution is -2.02. The van der Waals surface area contributed by atoms with Crippen LogP contribution in [0.2, 0.25) is 0 Å². The van der Waals surface area contributed by atoms with Gasteiger partial charge in [-0.2, -0.15) is 0 Å². The molecule has 72 valence electrons. The minimum Gasteiger partial charge on any atom is -0.392 e. The van der Waals surface area contributed by atoms with E-state index in [1.165, 1.54) is 22.6 Å². The zero-order valence-corrected chi connectivity index (χ0v) is 8.43. The molecule has 1 rings (SSSR count). The van der Waals surface area contributed by atoms with Crippen LogP contribution in [0.3, 0.4) is 0 Å². The average Bonchev–Trinajstić information content (AvgIpc) is 2.09. The Morgan fingerprint density at radius 3 is 2.62 bits per heavy atom. The highest BCUT2D eigenvalue weighted by molar-refractivity contribution is 14.1. The van der Waals surface area contributed by atoms with Crippen molar-refractivity contribution in [3.05, 3.63) is 26.8 Å². The molecule has 6 heteroatoms. The molecular weight excluding hydrogens is 298 g/mol. The van der Waals surface area contributed by atoms with Crippen LogP contribution in [0.4, 0.5) is 13.2 Å². The molecule has 0 bridgehead atoms. The summed E-state index contributed by atoms with van der Waals surface area (Å²) in [5, 5.41) is 8.60. The zero-order chi connectivity index (χ0) is 10.0. The number of nitrogens with zero attached hydrogens (tertiary/aromatic N) is 1. The molecule has 0 amide bonds. The molecule has 1 N–H and O–H groups in total. The smallest absolute Gasteiger partial charge is 0.281 e. The predicted molar refractivity (Wildman–Crippen MR) is 47.8 cm³/mol. The number of aromatic nitrogens is 1. The second kappa shape index (κ2) is 4.23. The molecule has 2 nitrogen and oxygen atoms in total. The molecule has 0 aliphatic carbocycles. The molecule has 0 saturated heterocycles. The number of aliphatic hydroxyl groups excluding tert-OH is 1. The second-order valence-electron chi connectivity index (χ2n) is 2.26. The maximum Gasteiger partial charge on any atom is 0.281 e. The molecule has 1 aromatic rings. The summed E-state index contributed by atoms with van der Waals surface area (Å²) in [6, 6.07) is 0. The molecular formula is C7H5F3INO. The second-order valence-corrected chi connectivity index (χ2v) is 3.33. The normalized spacial score (nSPS) is 10.9. The molecule has 1 heterocycles. The number of hydrogen-bond acceptors (Lipinski definition) is 2. The lowest BCUT2D eigenvalue weighted by atomic mass is 10.2. The van der Waals surface area contributed by atoms with Crippen LogP contribution in [0, 0.1) is 9.39 Å². The van der Waals surface area contributed by atoms with Crippen LogP contribution in [0.15, 0.2) is 6.20 Å². The van der Waals surface area contributed by atoms with Gasteiger partial charge in [-0.15, -0.1) is 0 Å². The summed E-state index contributed by atoms with van der Waals surface area (Å²) in [6.45, 7) is -0.543. The number of aliphatic hydroxyl groups is 1. The fraction of sp³-hybridized carbons (Fsp3) is 0.286. The Hall–Kier alpha value is -0.370. The maximum absolute atomic E-state index is 13.1. The molecule has 0 fully saturated rings. The Bertz CT molecular complexity index is 319. The molecule has 13 heavy (non-hydrogen) atoms. The standard InChI is InChI=1S/C7H5F3INO/c8-4-3(2-13)1-12-6(5(4)11)7(9)10/h1,7,13H,2H2. The van der Waals surface area contributed by atoms with Crippen molar-refractivity contribution < 1.29 is 18.3 Å². The molecule has 1 aromatic heterocycles. The summed E-state index contributed by atoms with van der Waals surface area (Å²) in [5.74, 6) is -0.826. The number of halogens is 4. The van der Waals surface area contributed by atoms with Gasteiger partial charge >= 0.3 is 0 Å². The summed E-state index contributed by atoms with van der Waals surface area (Å²) >= 11 is 1.44. The molecule has 0 radical (unpaired) electrons. The Balaban J connectivity index is 3.23. The summed E-state index contributed by atoms with van der Waals surface area (Å²) in [6.07, 6.45) is -1.88. The van der Waals surface area contributed by atoms with Gasteiger partial charge in [0.2, 0.25) is 0 Å². The van der Waals surface area contributed by atoms with E-state index in [1.54, 1.807) is 0 Å². The van der Waals surface area contributed by atoms with Crippen LogP contribution >= 0.6 is 22.6 Å². The monoisotopic (exact) mass is 303 g/mol. The van der Waals surface area contributed by atoms with Crippen LogP contribution < -0.4 is 0 Å². The summed E-state index contributed by atoms with van der Waals surface area (Å²) in [5.41, 5.74) is -0.663. The van der Waals surface area contributed by atoms with Gasteiger partial charge in [0.05, 0.1) is 10.2 Å². The SMILES string of the molecule is OCc1cnc(C(F)F)c(I)c1F. The van der Waals surface area contributed by atoms with Gasteiger partial charge in [-0.1, -0.05) is 0 Å². The van der Waals surface area contributed by atoms with Crippen LogP contribution in [-0.2, 0) is 6.61 Å². The van der Waals surface area contributed by atoms with Crippen molar-refractivity contribution in [1.82, 2.24) is 4.98 Å². The largest absolute Gasteiger partial charge is 0.392 e. The third-order valence-electron chi connectivity index (χ3n) is 1.44. The van der Waals surface area contributed by atoms with Crippen molar-refractivity contribution >= 4 is 22.6 Å². The van der Waals surface area contributed by atoms with E-state index in [0.29, 0.717) is 0 Å². The van der Waals surface area contributed by atoms with Gasteiger partial charge in [-0.25, -0.2) is 13.2 Å². The van der Waals surface area contributed by atoms with Crippen molar-refractivity contribution in [3.63, 3.8) is 0 Å². The Morgan fingerprint density at radius 1 is 1.54 bits per heavy atom. The highest BCUT2D eigenvalue weighted by Crippen LogP contribution is 2.25. The Kier molecular flexibility index (Phi) is 3.48. The van der Waals surface area contributed by atoms with Gasteiger partial charge in [0.1, 0.15) is 11.5 Å². The molecule has 0 atom stereocenters. The van der Waals surface area contributed by atoms with E-state index in [-0.39, 0.29) is 9.13 Å². The van der Waals surface area contributed by atoms with Crippen LogP contribution in [0.1, 0.15) is 17.7 Å². The van der Waals surface area contributed by atoms with Crippen molar-refractivity contribution in [2.45, 2.75) is 13.0 Å². The average molecular weight is 303 g/mol. The zero-order valence-electron chi connectivity index (χ0n) is 6.27. The third-order valence-corrected chi connectivity index (χ3v) is 2.46. The first-order valence-corrected chi connectivity index (χ1v) is 4.37. The molecule has 0 aliphatic rings.